The minimum Gasteiger partial charge on any atom is -0.508 e. The van der Waals surface area contributed by atoms with Crippen LogP contribution in [-0.2, 0) is 25.7 Å². The van der Waals surface area contributed by atoms with E-state index in [9.17, 15) is 19.5 Å². The summed E-state index contributed by atoms with van der Waals surface area (Å²) >= 11 is 5.93. The van der Waals surface area contributed by atoms with Gasteiger partial charge in [0.1, 0.15) is 24.9 Å². The molecule has 0 aliphatic rings. The summed E-state index contributed by atoms with van der Waals surface area (Å²) in [5.41, 5.74) is 0.426. The van der Waals surface area contributed by atoms with Crippen molar-refractivity contribution in [3.05, 3.63) is 59.1 Å². The Bertz CT molecular complexity index is 1240. The Morgan fingerprint density at radius 3 is 2.35 bits per heavy atom. The Morgan fingerprint density at radius 2 is 1.76 bits per heavy atom. The van der Waals surface area contributed by atoms with E-state index in [4.69, 9.17) is 16.3 Å². The number of phenolic OH excluding ortho intramolecular Hbond substituents is 1. The first kappa shape index (κ1) is 27.6. The van der Waals surface area contributed by atoms with E-state index in [1.54, 1.807) is 52.0 Å². The number of carbonyl (C=O) groups excluding carboxylic acids is 3. The van der Waals surface area contributed by atoms with E-state index in [-0.39, 0.29) is 18.2 Å². The fourth-order valence-corrected chi connectivity index (χ4v) is 3.60. The van der Waals surface area contributed by atoms with Gasteiger partial charge < -0.3 is 20.1 Å². The van der Waals surface area contributed by atoms with Crippen molar-refractivity contribution in [3.63, 3.8) is 0 Å². The summed E-state index contributed by atoms with van der Waals surface area (Å²) in [4.78, 5) is 41.6. The average Bonchev–Trinajstić information content (AvgIpc) is 3.27. The summed E-state index contributed by atoms with van der Waals surface area (Å²) in [6, 6.07) is 11.4. The van der Waals surface area contributed by atoms with E-state index >= 15 is 0 Å². The number of tetrazole rings is 1. The van der Waals surface area contributed by atoms with Crippen molar-refractivity contribution in [2.75, 3.05) is 13.2 Å². The number of rotatable bonds is 9. The number of hydrogen-bond donors (Lipinski definition) is 2. The molecule has 2 aromatic carbocycles. The maximum absolute atomic E-state index is 13.5. The molecule has 1 heterocycles. The molecule has 0 fully saturated rings. The number of phenols is 1. The van der Waals surface area contributed by atoms with Crippen LogP contribution in [0, 0.1) is 0 Å². The number of benzene rings is 2. The van der Waals surface area contributed by atoms with Crippen molar-refractivity contribution in [2.24, 2.45) is 0 Å². The van der Waals surface area contributed by atoms with Crippen LogP contribution in [0.5, 0.6) is 5.75 Å². The largest absolute Gasteiger partial charge is 0.508 e. The highest BCUT2D eigenvalue weighted by molar-refractivity contribution is 6.30. The standard InChI is InChI=1S/C25H29ClN6O5/c1-5-37-21(35)15-31(22(24(36)27-25(2,3)4)16-8-12-19(33)13-9-16)20(34)14-32-29-23(28-30-32)17-6-10-18(26)11-7-17/h6-13,22,33H,5,14-15H2,1-4H3,(H,27,36). The summed E-state index contributed by atoms with van der Waals surface area (Å²) in [5, 5.41) is 25.3. The van der Waals surface area contributed by atoms with Crippen LogP contribution < -0.4 is 5.32 Å². The van der Waals surface area contributed by atoms with Crippen molar-refractivity contribution in [1.82, 2.24) is 30.4 Å². The third-order valence-electron chi connectivity index (χ3n) is 5.02. The van der Waals surface area contributed by atoms with Crippen LogP contribution in [0.4, 0.5) is 0 Å². The van der Waals surface area contributed by atoms with Crippen LogP contribution in [0.1, 0.15) is 39.3 Å². The number of esters is 1. The van der Waals surface area contributed by atoms with Crippen LogP contribution in [0.3, 0.4) is 0 Å². The Balaban J connectivity index is 1.95. The number of ether oxygens (including phenoxy) is 1. The monoisotopic (exact) mass is 528 g/mol. The number of nitrogens with zero attached hydrogens (tertiary/aromatic N) is 5. The summed E-state index contributed by atoms with van der Waals surface area (Å²) in [6.45, 7) is 6.26. The summed E-state index contributed by atoms with van der Waals surface area (Å²) in [7, 11) is 0. The van der Waals surface area contributed by atoms with E-state index < -0.39 is 42.5 Å². The molecule has 0 saturated carbocycles. The smallest absolute Gasteiger partial charge is 0.325 e. The Kier molecular flexibility index (Phi) is 8.82. The lowest BCUT2D eigenvalue weighted by Gasteiger charge is -2.33. The van der Waals surface area contributed by atoms with Gasteiger partial charge in [-0.25, -0.2) is 0 Å². The lowest BCUT2D eigenvalue weighted by Crippen LogP contribution is -2.51. The molecule has 196 valence electrons. The molecule has 0 spiro atoms. The second-order valence-corrected chi connectivity index (χ2v) is 9.65. The minimum atomic E-state index is -1.20. The number of carbonyl (C=O) groups is 3. The highest BCUT2D eigenvalue weighted by Crippen LogP contribution is 2.25. The molecule has 11 nitrogen and oxygen atoms in total. The van der Waals surface area contributed by atoms with Gasteiger partial charge in [0.05, 0.1) is 6.61 Å². The lowest BCUT2D eigenvalue weighted by molar-refractivity contribution is -0.153. The molecule has 1 aromatic heterocycles. The number of aromatic nitrogens is 4. The molecular weight excluding hydrogens is 500 g/mol. The predicted molar refractivity (Wildman–Crippen MR) is 135 cm³/mol. The van der Waals surface area contributed by atoms with Gasteiger partial charge in [0.2, 0.25) is 17.6 Å². The predicted octanol–water partition coefficient (Wildman–Crippen LogP) is 2.75. The SMILES string of the molecule is CCOC(=O)CN(C(=O)Cn1nnc(-c2ccc(Cl)cc2)n1)C(C(=O)NC(C)(C)C)c1ccc(O)cc1. The second kappa shape index (κ2) is 11.8. The zero-order chi connectivity index (χ0) is 27.2. The van der Waals surface area contributed by atoms with Gasteiger partial charge in [-0.05, 0) is 74.9 Å². The molecule has 0 aliphatic carbocycles. The molecule has 0 radical (unpaired) electrons. The van der Waals surface area contributed by atoms with Gasteiger partial charge >= 0.3 is 5.97 Å². The Morgan fingerprint density at radius 1 is 1.11 bits per heavy atom. The normalized spacial score (nSPS) is 12.0. The maximum Gasteiger partial charge on any atom is 0.325 e. The van der Waals surface area contributed by atoms with Crippen molar-refractivity contribution in [3.8, 4) is 17.1 Å². The molecule has 0 saturated heterocycles. The van der Waals surface area contributed by atoms with Crippen LogP contribution in [0.2, 0.25) is 5.02 Å². The average molecular weight is 529 g/mol. The van der Waals surface area contributed by atoms with Crippen molar-refractivity contribution < 1.29 is 24.2 Å². The van der Waals surface area contributed by atoms with Gasteiger partial charge in [0.15, 0.2) is 0 Å². The van der Waals surface area contributed by atoms with Crippen molar-refractivity contribution in [1.29, 1.82) is 0 Å². The van der Waals surface area contributed by atoms with Gasteiger partial charge in [-0.3, -0.25) is 14.4 Å². The molecule has 37 heavy (non-hydrogen) atoms. The molecule has 2 amide bonds. The molecule has 2 N–H and O–H groups in total. The van der Waals surface area contributed by atoms with Crippen molar-refractivity contribution in [2.45, 2.75) is 45.8 Å². The van der Waals surface area contributed by atoms with Crippen LogP contribution in [0.15, 0.2) is 48.5 Å². The van der Waals surface area contributed by atoms with Crippen LogP contribution >= 0.6 is 11.6 Å². The van der Waals surface area contributed by atoms with Crippen LogP contribution in [-0.4, -0.2) is 66.7 Å². The van der Waals surface area contributed by atoms with Crippen LogP contribution in [0.25, 0.3) is 11.4 Å². The Labute approximate surface area is 219 Å². The van der Waals surface area contributed by atoms with Gasteiger partial charge in [-0.1, -0.05) is 23.7 Å². The molecule has 0 bridgehead atoms. The molecule has 3 rings (SSSR count). The first-order chi connectivity index (χ1) is 17.5. The second-order valence-electron chi connectivity index (χ2n) is 9.21. The van der Waals surface area contributed by atoms with Gasteiger partial charge in [-0.15, -0.1) is 10.2 Å². The third-order valence-corrected chi connectivity index (χ3v) is 5.28. The first-order valence-corrected chi connectivity index (χ1v) is 11.9. The minimum absolute atomic E-state index is 0.0106. The molecule has 1 atom stereocenters. The zero-order valence-corrected chi connectivity index (χ0v) is 21.8. The first-order valence-electron chi connectivity index (χ1n) is 11.6. The number of amides is 2. The number of halogens is 1. The Hall–Kier alpha value is -3.99. The summed E-state index contributed by atoms with van der Waals surface area (Å²) < 4.78 is 5.06. The molecule has 0 aliphatic heterocycles. The van der Waals surface area contributed by atoms with E-state index in [1.165, 1.54) is 24.3 Å². The molecule has 12 heteroatoms. The fraction of sp³-hybridized carbons (Fsp3) is 0.360. The maximum atomic E-state index is 13.5. The number of hydrogen-bond acceptors (Lipinski definition) is 8. The van der Waals surface area contributed by atoms with Gasteiger partial charge in [0.25, 0.3) is 0 Å². The molecule has 1 unspecified atom stereocenters. The molecular formula is C25H29ClN6O5. The topological polar surface area (TPSA) is 140 Å². The summed E-state index contributed by atoms with van der Waals surface area (Å²) in [6.07, 6.45) is 0. The third kappa shape index (κ3) is 7.74. The number of aromatic hydroxyl groups is 1. The van der Waals surface area contributed by atoms with E-state index in [2.05, 4.69) is 20.7 Å². The fourth-order valence-electron chi connectivity index (χ4n) is 3.47. The van der Waals surface area contributed by atoms with E-state index in [0.29, 0.717) is 16.1 Å². The highest BCUT2D eigenvalue weighted by Gasteiger charge is 2.35. The van der Waals surface area contributed by atoms with E-state index in [1.807, 2.05) is 0 Å². The van der Waals surface area contributed by atoms with E-state index in [0.717, 1.165) is 9.70 Å². The number of nitrogens with one attached hydrogen (secondary N) is 1. The van der Waals surface area contributed by atoms with Gasteiger partial charge in [0, 0.05) is 16.1 Å². The summed E-state index contributed by atoms with van der Waals surface area (Å²) in [5.74, 6) is -1.54. The van der Waals surface area contributed by atoms with Crippen molar-refractivity contribution >= 4 is 29.4 Å². The zero-order valence-electron chi connectivity index (χ0n) is 21.0. The molecule has 3 aromatic rings. The lowest BCUT2D eigenvalue weighted by atomic mass is 10.0. The quantitative estimate of drug-likeness (QED) is 0.404. The van der Waals surface area contributed by atoms with Gasteiger partial charge in [-0.2, -0.15) is 4.80 Å². The highest BCUT2D eigenvalue weighted by atomic mass is 35.5.